The lowest BCUT2D eigenvalue weighted by Crippen LogP contribution is -2.38. The minimum absolute atomic E-state index is 0.0730. The van der Waals surface area contributed by atoms with Gasteiger partial charge in [-0.3, -0.25) is 4.79 Å². The van der Waals surface area contributed by atoms with Gasteiger partial charge in [-0.25, -0.2) is 9.97 Å². The normalized spacial score (nSPS) is 19.2. The van der Waals surface area contributed by atoms with Crippen LogP contribution in [0.5, 0.6) is 0 Å². The first-order chi connectivity index (χ1) is 14.2. The number of hydrogen-bond donors (Lipinski definition) is 3. The predicted molar refractivity (Wildman–Crippen MR) is 113 cm³/mol. The van der Waals surface area contributed by atoms with Crippen LogP contribution in [0.1, 0.15) is 47.8 Å². The van der Waals surface area contributed by atoms with Crippen LogP contribution in [-0.2, 0) is 4.74 Å². The van der Waals surface area contributed by atoms with E-state index in [-0.39, 0.29) is 11.9 Å². The van der Waals surface area contributed by atoms with E-state index >= 15 is 0 Å². The Bertz CT molecular complexity index is 920. The number of nitrogens with one attached hydrogen (secondary N) is 3. The number of rotatable bonds is 7. The van der Waals surface area contributed by atoms with Gasteiger partial charge >= 0.3 is 0 Å². The van der Waals surface area contributed by atoms with Gasteiger partial charge < -0.3 is 20.4 Å². The molecule has 1 saturated carbocycles. The molecule has 0 aliphatic heterocycles. The maximum atomic E-state index is 12.7. The summed E-state index contributed by atoms with van der Waals surface area (Å²) in [7, 11) is 1.66. The Morgan fingerprint density at radius 2 is 2.14 bits per heavy atom. The Kier molecular flexibility index (Phi) is 6.05. The van der Waals surface area contributed by atoms with Crippen molar-refractivity contribution in [3.8, 4) is 0 Å². The van der Waals surface area contributed by atoms with Crippen LogP contribution in [0.15, 0.2) is 42.6 Å². The number of pyridine rings is 1. The molecule has 2 heterocycles. The van der Waals surface area contributed by atoms with E-state index in [1.165, 1.54) is 0 Å². The molecule has 0 spiro atoms. The summed E-state index contributed by atoms with van der Waals surface area (Å²) >= 11 is 0. The minimum atomic E-state index is -0.0730. The largest absolute Gasteiger partial charge is 0.383 e. The molecule has 152 valence electrons. The van der Waals surface area contributed by atoms with Gasteiger partial charge in [0, 0.05) is 31.8 Å². The molecule has 1 aliphatic carbocycles. The molecule has 1 aliphatic rings. The van der Waals surface area contributed by atoms with Gasteiger partial charge in [0.1, 0.15) is 11.6 Å². The molecule has 7 heteroatoms. The Morgan fingerprint density at radius 1 is 1.24 bits per heavy atom. The third-order valence-electron chi connectivity index (χ3n) is 5.44. The van der Waals surface area contributed by atoms with Crippen LogP contribution in [0.25, 0.3) is 11.0 Å². The van der Waals surface area contributed by atoms with E-state index in [0.717, 1.165) is 48.4 Å². The number of carbonyl (C=O) groups excluding carboxylic acids is 1. The fourth-order valence-electron chi connectivity index (χ4n) is 3.92. The maximum Gasteiger partial charge on any atom is 0.253 e. The number of anilines is 1. The molecular formula is C22H27N5O2. The molecule has 0 radical (unpaired) electrons. The smallest absolute Gasteiger partial charge is 0.253 e. The number of H-pyrrole nitrogens is 1. The van der Waals surface area contributed by atoms with E-state index in [0.29, 0.717) is 24.6 Å². The summed E-state index contributed by atoms with van der Waals surface area (Å²) in [6, 6.07) is 11.9. The third-order valence-corrected chi connectivity index (χ3v) is 5.44. The lowest BCUT2D eigenvalue weighted by atomic mass is 9.85. The molecule has 29 heavy (non-hydrogen) atoms. The number of imidazole rings is 1. The molecule has 7 nitrogen and oxygen atoms in total. The molecule has 0 bridgehead atoms. The first kappa shape index (κ1) is 19.4. The van der Waals surface area contributed by atoms with Crippen molar-refractivity contribution in [2.45, 2.75) is 37.6 Å². The number of hydrogen-bond acceptors (Lipinski definition) is 5. The third kappa shape index (κ3) is 4.74. The van der Waals surface area contributed by atoms with Gasteiger partial charge in [0.05, 0.1) is 23.2 Å². The highest BCUT2D eigenvalue weighted by molar-refractivity contribution is 5.94. The van der Waals surface area contributed by atoms with Gasteiger partial charge in [-0.1, -0.05) is 18.6 Å². The lowest BCUT2D eigenvalue weighted by molar-refractivity contribution is 0.0924. The average Bonchev–Trinajstić information content (AvgIpc) is 3.19. The summed E-state index contributed by atoms with van der Waals surface area (Å²) in [5, 5.41) is 6.33. The highest BCUT2D eigenvalue weighted by Gasteiger charge is 2.26. The van der Waals surface area contributed by atoms with Crippen LogP contribution in [0, 0.1) is 0 Å². The van der Waals surface area contributed by atoms with Crippen molar-refractivity contribution in [3.63, 3.8) is 0 Å². The second-order valence-electron chi connectivity index (χ2n) is 7.52. The Labute approximate surface area is 170 Å². The number of fused-ring (bicyclic) bond motifs is 1. The number of methoxy groups -OCH3 is 1. The van der Waals surface area contributed by atoms with E-state index < -0.39 is 0 Å². The van der Waals surface area contributed by atoms with Crippen LogP contribution < -0.4 is 10.6 Å². The van der Waals surface area contributed by atoms with E-state index in [2.05, 4.69) is 26.7 Å². The van der Waals surface area contributed by atoms with Crippen LogP contribution in [0.3, 0.4) is 0 Å². The van der Waals surface area contributed by atoms with Gasteiger partial charge in [-0.05, 0) is 43.5 Å². The predicted octanol–water partition coefficient (Wildman–Crippen LogP) is 3.47. The van der Waals surface area contributed by atoms with Gasteiger partial charge in [-0.15, -0.1) is 0 Å². The molecule has 2 atom stereocenters. The summed E-state index contributed by atoms with van der Waals surface area (Å²) < 4.78 is 5.01. The number of ether oxygens (including phenoxy) is 1. The second kappa shape index (κ2) is 9.05. The highest BCUT2D eigenvalue weighted by atomic mass is 16.5. The Morgan fingerprint density at radius 3 is 2.93 bits per heavy atom. The molecule has 2 aromatic heterocycles. The van der Waals surface area contributed by atoms with E-state index in [1.54, 1.807) is 19.4 Å². The molecule has 0 unspecified atom stereocenters. The monoisotopic (exact) mass is 393 g/mol. The molecular weight excluding hydrogens is 366 g/mol. The number of aromatic nitrogens is 3. The number of para-hydroxylation sites is 2. The van der Waals surface area contributed by atoms with Crippen LogP contribution in [0.2, 0.25) is 0 Å². The van der Waals surface area contributed by atoms with Gasteiger partial charge in [-0.2, -0.15) is 0 Å². The van der Waals surface area contributed by atoms with Gasteiger partial charge in [0.15, 0.2) is 0 Å². The zero-order valence-corrected chi connectivity index (χ0v) is 16.6. The average molecular weight is 393 g/mol. The van der Waals surface area contributed by atoms with E-state index in [9.17, 15) is 4.79 Å². The topological polar surface area (TPSA) is 91.9 Å². The van der Waals surface area contributed by atoms with Crippen molar-refractivity contribution in [2.24, 2.45) is 0 Å². The second-order valence-corrected chi connectivity index (χ2v) is 7.52. The fraction of sp³-hybridized carbons (Fsp3) is 0.409. The number of nitrogens with zero attached hydrogens (tertiary/aromatic N) is 2. The minimum Gasteiger partial charge on any atom is -0.383 e. The Balaban J connectivity index is 1.35. The zero-order valence-electron chi connectivity index (χ0n) is 16.6. The van der Waals surface area contributed by atoms with Crippen molar-refractivity contribution in [2.75, 3.05) is 25.6 Å². The van der Waals surface area contributed by atoms with Crippen LogP contribution in [0.4, 0.5) is 5.82 Å². The quantitative estimate of drug-likeness (QED) is 0.535. The summed E-state index contributed by atoms with van der Waals surface area (Å²) in [5.74, 6) is 2.03. The standard InChI is InChI=1S/C22H27N5O2/c1-29-12-11-23-20-10-9-16(14-24-20)22(28)25-17-6-4-5-15(13-17)21-26-18-7-2-3-8-19(18)27-21/h2-3,7-10,14-15,17H,4-6,11-13H2,1H3,(H,23,24)(H,25,28)(H,26,27)/t15-,17+/m0/s1. The Hall–Kier alpha value is -2.93. The van der Waals surface area contributed by atoms with Crippen molar-refractivity contribution in [1.29, 1.82) is 0 Å². The zero-order chi connectivity index (χ0) is 20.1. The van der Waals surface area contributed by atoms with Gasteiger partial charge in [0.25, 0.3) is 5.91 Å². The summed E-state index contributed by atoms with van der Waals surface area (Å²) in [5.41, 5.74) is 2.64. The first-order valence-electron chi connectivity index (χ1n) is 10.2. The molecule has 0 saturated heterocycles. The van der Waals surface area contributed by atoms with E-state index in [1.807, 2.05) is 24.3 Å². The highest BCUT2D eigenvalue weighted by Crippen LogP contribution is 2.32. The number of carbonyl (C=O) groups is 1. The molecule has 3 N–H and O–H groups in total. The van der Waals surface area contributed by atoms with Crippen LogP contribution in [-0.4, -0.2) is 47.2 Å². The SMILES string of the molecule is COCCNc1ccc(C(=O)N[C@@H]2CCC[C@H](c3nc4ccccc4[nH]3)C2)cn1. The van der Waals surface area contributed by atoms with Crippen LogP contribution >= 0.6 is 0 Å². The van der Waals surface area contributed by atoms with Gasteiger partial charge in [0.2, 0.25) is 0 Å². The lowest BCUT2D eigenvalue weighted by Gasteiger charge is -2.28. The maximum absolute atomic E-state index is 12.7. The summed E-state index contributed by atoms with van der Waals surface area (Å²) in [4.78, 5) is 25.2. The number of benzene rings is 1. The number of amides is 1. The molecule has 4 rings (SSSR count). The molecule has 3 aromatic rings. The number of aromatic amines is 1. The van der Waals surface area contributed by atoms with Crippen molar-refractivity contribution >= 4 is 22.8 Å². The van der Waals surface area contributed by atoms with E-state index in [4.69, 9.17) is 9.72 Å². The van der Waals surface area contributed by atoms with Crippen molar-refractivity contribution in [3.05, 3.63) is 54.0 Å². The molecule has 1 fully saturated rings. The van der Waals surface area contributed by atoms with Crippen molar-refractivity contribution in [1.82, 2.24) is 20.3 Å². The summed E-state index contributed by atoms with van der Waals surface area (Å²) in [6.07, 6.45) is 5.68. The first-order valence-corrected chi connectivity index (χ1v) is 10.2. The molecule has 1 amide bonds. The fourth-order valence-corrected chi connectivity index (χ4v) is 3.92. The molecule has 1 aromatic carbocycles. The van der Waals surface area contributed by atoms with Crippen molar-refractivity contribution < 1.29 is 9.53 Å². The summed E-state index contributed by atoms with van der Waals surface area (Å²) in [6.45, 7) is 1.29.